The Morgan fingerprint density at radius 3 is 2.50 bits per heavy atom. The number of hydrogen-bond acceptors (Lipinski definition) is 6. The van der Waals surface area contributed by atoms with E-state index in [9.17, 15) is 0 Å². The zero-order valence-corrected chi connectivity index (χ0v) is 12.1. The van der Waals surface area contributed by atoms with Crippen LogP contribution in [-0.4, -0.2) is 78.2 Å². The van der Waals surface area contributed by atoms with E-state index in [1.807, 2.05) is 6.07 Å². The van der Waals surface area contributed by atoms with Gasteiger partial charge in [0.15, 0.2) is 0 Å². The van der Waals surface area contributed by atoms with Crippen LogP contribution in [0.25, 0.3) is 0 Å². The highest BCUT2D eigenvalue weighted by atomic mass is 15.3. The summed E-state index contributed by atoms with van der Waals surface area (Å²) in [6.45, 7) is 6.27. The third-order valence-electron chi connectivity index (χ3n) is 4.46. The van der Waals surface area contributed by atoms with E-state index < -0.39 is 0 Å². The topological polar surface area (TPSA) is 61.5 Å². The SMILES string of the molecule is CN1CCC(N)C(N2CCN(c3ncccn3)CC2)C1. The van der Waals surface area contributed by atoms with E-state index in [-0.39, 0.29) is 0 Å². The summed E-state index contributed by atoms with van der Waals surface area (Å²) in [5.74, 6) is 0.845. The van der Waals surface area contributed by atoms with Gasteiger partial charge >= 0.3 is 0 Å². The third-order valence-corrected chi connectivity index (χ3v) is 4.46. The summed E-state index contributed by atoms with van der Waals surface area (Å²) in [7, 11) is 2.19. The lowest BCUT2D eigenvalue weighted by molar-refractivity contribution is 0.0898. The molecule has 1 aromatic heterocycles. The molecule has 0 radical (unpaired) electrons. The zero-order valence-electron chi connectivity index (χ0n) is 12.1. The Morgan fingerprint density at radius 1 is 1.10 bits per heavy atom. The van der Waals surface area contributed by atoms with Crippen LogP contribution in [0, 0.1) is 0 Å². The molecule has 110 valence electrons. The van der Waals surface area contributed by atoms with Crippen molar-refractivity contribution in [1.82, 2.24) is 19.8 Å². The van der Waals surface area contributed by atoms with E-state index in [0.717, 1.165) is 51.6 Å². The van der Waals surface area contributed by atoms with E-state index in [4.69, 9.17) is 5.73 Å². The fraction of sp³-hybridized carbons (Fsp3) is 0.714. The highest BCUT2D eigenvalue weighted by Crippen LogP contribution is 2.17. The molecule has 1 aromatic rings. The van der Waals surface area contributed by atoms with Gasteiger partial charge in [-0.1, -0.05) is 0 Å². The molecule has 3 rings (SSSR count). The largest absolute Gasteiger partial charge is 0.338 e. The van der Waals surface area contributed by atoms with Crippen molar-refractivity contribution in [1.29, 1.82) is 0 Å². The lowest BCUT2D eigenvalue weighted by Gasteiger charge is -2.45. The van der Waals surface area contributed by atoms with Gasteiger partial charge in [0, 0.05) is 57.2 Å². The van der Waals surface area contributed by atoms with Crippen molar-refractivity contribution in [3.63, 3.8) is 0 Å². The molecule has 2 aliphatic rings. The van der Waals surface area contributed by atoms with Crippen molar-refractivity contribution in [2.45, 2.75) is 18.5 Å². The zero-order chi connectivity index (χ0) is 13.9. The number of piperazine rings is 1. The van der Waals surface area contributed by atoms with Crippen LogP contribution in [-0.2, 0) is 0 Å². The summed E-state index contributed by atoms with van der Waals surface area (Å²) in [5.41, 5.74) is 6.31. The molecule has 2 unspecified atom stereocenters. The molecule has 0 bridgehead atoms. The molecule has 0 aromatic carbocycles. The monoisotopic (exact) mass is 276 g/mol. The average molecular weight is 276 g/mol. The minimum Gasteiger partial charge on any atom is -0.338 e. The Labute approximate surface area is 120 Å². The maximum atomic E-state index is 6.31. The first-order chi connectivity index (χ1) is 9.74. The van der Waals surface area contributed by atoms with Gasteiger partial charge < -0.3 is 15.5 Å². The molecule has 0 saturated carbocycles. The summed E-state index contributed by atoms with van der Waals surface area (Å²) in [6, 6.07) is 2.66. The second-order valence-corrected chi connectivity index (χ2v) is 5.85. The molecule has 20 heavy (non-hydrogen) atoms. The number of likely N-dealkylation sites (N-methyl/N-ethyl adjacent to an activating group) is 1. The molecular weight excluding hydrogens is 252 g/mol. The molecule has 2 fully saturated rings. The third kappa shape index (κ3) is 2.92. The molecule has 0 aliphatic carbocycles. The lowest BCUT2D eigenvalue weighted by atomic mass is 9.98. The van der Waals surface area contributed by atoms with Gasteiger partial charge in [0.1, 0.15) is 0 Å². The van der Waals surface area contributed by atoms with Crippen LogP contribution in [0.1, 0.15) is 6.42 Å². The first kappa shape index (κ1) is 13.7. The van der Waals surface area contributed by atoms with Gasteiger partial charge in [-0.25, -0.2) is 9.97 Å². The Morgan fingerprint density at radius 2 is 1.80 bits per heavy atom. The highest BCUT2D eigenvalue weighted by molar-refractivity contribution is 5.29. The Kier molecular flexibility index (Phi) is 4.14. The van der Waals surface area contributed by atoms with Gasteiger partial charge in [-0.3, -0.25) is 4.90 Å². The van der Waals surface area contributed by atoms with Crippen LogP contribution in [0.3, 0.4) is 0 Å². The van der Waals surface area contributed by atoms with Crippen LogP contribution in [0.5, 0.6) is 0 Å². The number of nitrogens with zero attached hydrogens (tertiary/aromatic N) is 5. The first-order valence-electron chi connectivity index (χ1n) is 7.44. The maximum absolute atomic E-state index is 6.31. The van der Waals surface area contributed by atoms with Crippen molar-refractivity contribution in [3.8, 4) is 0 Å². The Bertz CT molecular complexity index is 417. The quantitative estimate of drug-likeness (QED) is 0.795. The normalized spacial score (nSPS) is 29.6. The highest BCUT2D eigenvalue weighted by Gasteiger charge is 2.32. The average Bonchev–Trinajstić information content (AvgIpc) is 2.51. The molecule has 6 heteroatoms. The summed E-state index contributed by atoms with van der Waals surface area (Å²) >= 11 is 0. The molecule has 2 saturated heterocycles. The number of likely N-dealkylation sites (tertiary alicyclic amines) is 1. The van der Waals surface area contributed by atoms with Gasteiger partial charge in [-0.15, -0.1) is 0 Å². The Balaban J connectivity index is 1.58. The number of hydrogen-bond donors (Lipinski definition) is 1. The van der Waals surface area contributed by atoms with Gasteiger partial charge in [0.25, 0.3) is 0 Å². The number of piperidine rings is 1. The van der Waals surface area contributed by atoms with Gasteiger partial charge in [0.05, 0.1) is 0 Å². The predicted octanol–water partition coefficient (Wildman–Crippen LogP) is -0.370. The minimum atomic E-state index is 0.311. The predicted molar refractivity (Wildman–Crippen MR) is 79.7 cm³/mol. The van der Waals surface area contributed by atoms with Crippen LogP contribution < -0.4 is 10.6 Å². The minimum absolute atomic E-state index is 0.311. The second kappa shape index (κ2) is 6.03. The molecule has 0 spiro atoms. The molecular formula is C14H24N6. The number of nitrogens with two attached hydrogens (primary N) is 1. The molecule has 3 heterocycles. The van der Waals surface area contributed by atoms with E-state index in [2.05, 4.69) is 31.7 Å². The second-order valence-electron chi connectivity index (χ2n) is 5.85. The van der Waals surface area contributed by atoms with E-state index >= 15 is 0 Å². The first-order valence-corrected chi connectivity index (χ1v) is 7.44. The lowest BCUT2D eigenvalue weighted by Crippen LogP contribution is -2.61. The number of aromatic nitrogens is 2. The van der Waals surface area contributed by atoms with Gasteiger partial charge in [0.2, 0.25) is 5.95 Å². The van der Waals surface area contributed by atoms with Gasteiger partial charge in [-0.05, 0) is 26.1 Å². The molecule has 2 N–H and O–H groups in total. The molecule has 2 atom stereocenters. The number of anilines is 1. The van der Waals surface area contributed by atoms with Crippen molar-refractivity contribution in [2.75, 3.05) is 51.2 Å². The molecule has 0 amide bonds. The standard InChI is InChI=1S/C14H24N6/c1-18-6-3-12(15)13(11-18)19-7-9-20(10-8-19)14-16-4-2-5-17-14/h2,4-5,12-13H,3,6-11,15H2,1H3. The molecule has 2 aliphatic heterocycles. The van der Waals surface area contributed by atoms with E-state index in [1.165, 1.54) is 0 Å². The van der Waals surface area contributed by atoms with E-state index in [1.54, 1.807) is 12.4 Å². The summed E-state index contributed by atoms with van der Waals surface area (Å²) < 4.78 is 0. The Hall–Kier alpha value is -1.24. The van der Waals surface area contributed by atoms with Gasteiger partial charge in [-0.2, -0.15) is 0 Å². The summed E-state index contributed by atoms with van der Waals surface area (Å²) in [6.07, 6.45) is 4.71. The van der Waals surface area contributed by atoms with Crippen molar-refractivity contribution >= 4 is 5.95 Å². The fourth-order valence-corrected chi connectivity index (χ4v) is 3.20. The fourth-order valence-electron chi connectivity index (χ4n) is 3.20. The summed E-state index contributed by atoms with van der Waals surface area (Å²) in [5, 5.41) is 0. The van der Waals surface area contributed by atoms with Crippen molar-refractivity contribution < 1.29 is 0 Å². The smallest absolute Gasteiger partial charge is 0.225 e. The van der Waals surface area contributed by atoms with Crippen LogP contribution >= 0.6 is 0 Å². The van der Waals surface area contributed by atoms with E-state index in [0.29, 0.717) is 12.1 Å². The molecule has 6 nitrogen and oxygen atoms in total. The maximum Gasteiger partial charge on any atom is 0.225 e. The number of rotatable bonds is 2. The van der Waals surface area contributed by atoms with Crippen LogP contribution in [0.4, 0.5) is 5.95 Å². The summed E-state index contributed by atoms with van der Waals surface area (Å²) in [4.78, 5) is 15.9. The van der Waals surface area contributed by atoms with Crippen molar-refractivity contribution in [3.05, 3.63) is 18.5 Å². The van der Waals surface area contributed by atoms with Crippen molar-refractivity contribution in [2.24, 2.45) is 5.73 Å². The van der Waals surface area contributed by atoms with Crippen LogP contribution in [0.2, 0.25) is 0 Å². The van der Waals surface area contributed by atoms with Crippen LogP contribution in [0.15, 0.2) is 18.5 Å².